The van der Waals surface area contributed by atoms with Crippen LogP contribution >= 0.6 is 0 Å². The van der Waals surface area contributed by atoms with Crippen LogP contribution in [0.2, 0.25) is 0 Å². The number of imide groups is 1. The zero-order valence-electron chi connectivity index (χ0n) is 13.1. The van der Waals surface area contributed by atoms with Crippen molar-refractivity contribution in [2.45, 2.75) is 83.2 Å². The van der Waals surface area contributed by atoms with Gasteiger partial charge in [0.25, 0.3) is 5.91 Å². The van der Waals surface area contributed by atoms with Gasteiger partial charge in [-0.15, -0.1) is 0 Å². The first-order chi connectivity index (χ1) is 10.2. The third kappa shape index (κ3) is 4.58. The van der Waals surface area contributed by atoms with Crippen molar-refractivity contribution in [3.8, 4) is 0 Å². The molecule has 2 aliphatic rings. The van der Waals surface area contributed by atoms with Crippen LogP contribution < -0.4 is 5.32 Å². The zero-order valence-corrected chi connectivity index (χ0v) is 13.1. The average molecular weight is 292 g/mol. The van der Waals surface area contributed by atoms with Gasteiger partial charge >= 0.3 is 6.03 Å². The topological polar surface area (TPSA) is 49.4 Å². The molecule has 0 radical (unpaired) electrons. The standard InChI is InChI=1S/C17H28N2O2/c1-2-9-16(20)19(15-12-7-4-8-13-15)17(21)18-14-10-5-3-6-11-14/h2,9,14-15H,3-8,10-13H2,1H3,(H,18,21)/b9-2+. The summed E-state index contributed by atoms with van der Waals surface area (Å²) in [5.74, 6) is -0.169. The van der Waals surface area contributed by atoms with Crippen molar-refractivity contribution in [1.29, 1.82) is 0 Å². The first-order valence-corrected chi connectivity index (χ1v) is 8.48. The van der Waals surface area contributed by atoms with E-state index >= 15 is 0 Å². The predicted octanol–water partition coefficient (Wildman–Crippen LogP) is 3.77. The Hall–Kier alpha value is -1.32. The maximum Gasteiger partial charge on any atom is 0.324 e. The van der Waals surface area contributed by atoms with Crippen LogP contribution in [0.1, 0.15) is 71.1 Å². The van der Waals surface area contributed by atoms with Crippen LogP contribution in [-0.2, 0) is 4.79 Å². The van der Waals surface area contributed by atoms with Gasteiger partial charge in [-0.2, -0.15) is 0 Å². The van der Waals surface area contributed by atoms with Gasteiger partial charge in [-0.05, 0) is 38.7 Å². The van der Waals surface area contributed by atoms with E-state index in [9.17, 15) is 9.59 Å². The fourth-order valence-electron chi connectivity index (χ4n) is 3.50. The minimum Gasteiger partial charge on any atom is -0.335 e. The lowest BCUT2D eigenvalue weighted by Gasteiger charge is -2.34. The normalized spacial score (nSPS) is 21.4. The highest BCUT2D eigenvalue weighted by atomic mass is 16.2. The van der Waals surface area contributed by atoms with E-state index in [1.54, 1.807) is 6.08 Å². The van der Waals surface area contributed by atoms with Gasteiger partial charge < -0.3 is 5.32 Å². The summed E-state index contributed by atoms with van der Waals surface area (Å²) in [4.78, 5) is 26.4. The molecule has 0 atom stereocenters. The SMILES string of the molecule is C/C=C/C(=O)N(C(=O)NC1CCCCC1)C1CCCCC1. The van der Waals surface area contributed by atoms with Crippen LogP contribution in [0.25, 0.3) is 0 Å². The Bertz CT molecular complexity index is 380. The highest BCUT2D eigenvalue weighted by Crippen LogP contribution is 2.24. The van der Waals surface area contributed by atoms with Gasteiger partial charge in [0.05, 0.1) is 0 Å². The number of carbonyl (C=O) groups excluding carboxylic acids is 2. The third-order valence-corrected chi connectivity index (χ3v) is 4.64. The molecule has 1 N–H and O–H groups in total. The molecule has 0 aliphatic heterocycles. The van der Waals surface area contributed by atoms with Gasteiger partial charge in [-0.3, -0.25) is 9.69 Å². The number of rotatable bonds is 3. The van der Waals surface area contributed by atoms with E-state index in [0.717, 1.165) is 38.5 Å². The van der Waals surface area contributed by atoms with E-state index in [4.69, 9.17) is 0 Å². The molecule has 0 aromatic rings. The summed E-state index contributed by atoms with van der Waals surface area (Å²) in [7, 11) is 0. The molecule has 0 heterocycles. The van der Waals surface area contributed by atoms with Crippen LogP contribution in [-0.4, -0.2) is 28.9 Å². The summed E-state index contributed by atoms with van der Waals surface area (Å²) >= 11 is 0. The van der Waals surface area contributed by atoms with E-state index < -0.39 is 0 Å². The van der Waals surface area contributed by atoms with Gasteiger partial charge in [0.1, 0.15) is 0 Å². The fourth-order valence-corrected chi connectivity index (χ4v) is 3.50. The van der Waals surface area contributed by atoms with Gasteiger partial charge in [0.2, 0.25) is 0 Å². The highest BCUT2D eigenvalue weighted by Gasteiger charge is 2.30. The lowest BCUT2D eigenvalue weighted by molar-refractivity contribution is -0.125. The Morgan fingerprint density at radius 3 is 2.10 bits per heavy atom. The van der Waals surface area contributed by atoms with Crippen molar-refractivity contribution in [2.24, 2.45) is 0 Å². The molecule has 3 amide bonds. The fraction of sp³-hybridized carbons (Fsp3) is 0.765. The first-order valence-electron chi connectivity index (χ1n) is 8.48. The maximum absolute atomic E-state index is 12.6. The zero-order chi connectivity index (χ0) is 15.1. The largest absolute Gasteiger partial charge is 0.335 e. The second-order valence-corrected chi connectivity index (χ2v) is 6.28. The summed E-state index contributed by atoms with van der Waals surface area (Å²) in [6.07, 6.45) is 14.3. The predicted molar refractivity (Wildman–Crippen MR) is 83.9 cm³/mol. The van der Waals surface area contributed by atoms with Crippen molar-refractivity contribution in [2.75, 3.05) is 0 Å². The van der Waals surface area contributed by atoms with Crippen molar-refractivity contribution in [3.05, 3.63) is 12.2 Å². The molecule has 0 spiro atoms. The third-order valence-electron chi connectivity index (χ3n) is 4.64. The molecular weight excluding hydrogens is 264 g/mol. The van der Waals surface area contributed by atoms with Crippen LogP contribution in [0.5, 0.6) is 0 Å². The maximum atomic E-state index is 12.6. The van der Waals surface area contributed by atoms with Crippen molar-refractivity contribution in [1.82, 2.24) is 10.2 Å². The van der Waals surface area contributed by atoms with E-state index in [1.807, 2.05) is 6.92 Å². The summed E-state index contributed by atoms with van der Waals surface area (Å²) in [6, 6.07) is 0.138. The van der Waals surface area contributed by atoms with Crippen molar-refractivity contribution >= 4 is 11.9 Å². The number of hydrogen-bond donors (Lipinski definition) is 1. The average Bonchev–Trinajstić information content (AvgIpc) is 2.50. The van der Waals surface area contributed by atoms with E-state index in [-0.39, 0.29) is 24.0 Å². The Morgan fingerprint density at radius 2 is 1.52 bits per heavy atom. The molecule has 4 heteroatoms. The Labute approximate surface area is 128 Å². The molecule has 2 saturated carbocycles. The molecule has 2 rings (SSSR count). The lowest BCUT2D eigenvalue weighted by atomic mass is 9.93. The Balaban J connectivity index is 2.01. The second-order valence-electron chi connectivity index (χ2n) is 6.28. The van der Waals surface area contributed by atoms with Crippen molar-refractivity contribution < 1.29 is 9.59 Å². The van der Waals surface area contributed by atoms with Crippen LogP contribution in [0, 0.1) is 0 Å². The lowest BCUT2D eigenvalue weighted by Crippen LogP contribution is -2.52. The minimum absolute atomic E-state index is 0.0750. The number of nitrogens with zero attached hydrogens (tertiary/aromatic N) is 1. The van der Waals surface area contributed by atoms with E-state index in [0.29, 0.717) is 0 Å². The number of allylic oxidation sites excluding steroid dienone is 1. The van der Waals surface area contributed by atoms with Gasteiger partial charge in [0, 0.05) is 12.1 Å². The van der Waals surface area contributed by atoms with Crippen LogP contribution in [0.15, 0.2) is 12.2 Å². The number of hydrogen-bond acceptors (Lipinski definition) is 2. The molecule has 0 bridgehead atoms. The molecule has 4 nitrogen and oxygen atoms in total. The number of carbonyl (C=O) groups is 2. The molecule has 0 aromatic heterocycles. The van der Waals surface area contributed by atoms with Gasteiger partial charge in [-0.25, -0.2) is 4.79 Å². The van der Waals surface area contributed by atoms with Gasteiger partial charge in [0.15, 0.2) is 0 Å². The number of urea groups is 1. The summed E-state index contributed by atoms with van der Waals surface area (Å²) in [5.41, 5.74) is 0. The Kier molecular flexibility index (Phi) is 6.27. The van der Waals surface area contributed by atoms with Crippen molar-refractivity contribution in [3.63, 3.8) is 0 Å². The smallest absolute Gasteiger partial charge is 0.324 e. The molecule has 118 valence electrons. The summed E-state index contributed by atoms with van der Waals surface area (Å²) in [6.45, 7) is 1.82. The number of nitrogens with one attached hydrogen (secondary N) is 1. The molecule has 0 saturated heterocycles. The molecule has 2 fully saturated rings. The molecule has 0 unspecified atom stereocenters. The molecular formula is C17H28N2O2. The first kappa shape index (κ1) is 16.1. The Morgan fingerprint density at radius 1 is 0.952 bits per heavy atom. The number of amides is 3. The van der Waals surface area contributed by atoms with E-state index in [1.165, 1.54) is 36.7 Å². The highest BCUT2D eigenvalue weighted by molar-refractivity contribution is 6.00. The minimum atomic E-state index is -0.183. The molecule has 2 aliphatic carbocycles. The van der Waals surface area contributed by atoms with Crippen LogP contribution in [0.4, 0.5) is 4.79 Å². The monoisotopic (exact) mass is 292 g/mol. The molecule has 0 aromatic carbocycles. The van der Waals surface area contributed by atoms with Crippen LogP contribution in [0.3, 0.4) is 0 Å². The summed E-state index contributed by atoms with van der Waals surface area (Å²) < 4.78 is 0. The van der Waals surface area contributed by atoms with E-state index in [2.05, 4.69) is 5.32 Å². The quantitative estimate of drug-likeness (QED) is 0.805. The van der Waals surface area contributed by atoms with Gasteiger partial charge in [-0.1, -0.05) is 44.6 Å². The molecule has 21 heavy (non-hydrogen) atoms. The summed E-state index contributed by atoms with van der Waals surface area (Å²) in [5, 5.41) is 3.09. The second kappa shape index (κ2) is 8.20.